The van der Waals surface area contributed by atoms with Crippen molar-refractivity contribution >= 4 is 49.3 Å². The van der Waals surface area contributed by atoms with Crippen molar-refractivity contribution in [1.29, 1.82) is 0 Å². The molecular weight excluding hydrogens is 480 g/mol. The molecule has 1 aliphatic heterocycles. The molecule has 3 aromatic carbocycles. The van der Waals surface area contributed by atoms with Gasteiger partial charge in [-0.2, -0.15) is 0 Å². The lowest BCUT2D eigenvalue weighted by atomic mass is 9.98. The number of carbonyl (C=O) groups is 1. The Kier molecular flexibility index (Phi) is 5.30. The number of hydrogen-bond acceptors (Lipinski definition) is 1. The van der Waals surface area contributed by atoms with Gasteiger partial charge in [-0.15, -0.1) is 0 Å². The summed E-state index contributed by atoms with van der Waals surface area (Å²) in [5.41, 5.74) is 4.13. The van der Waals surface area contributed by atoms with Crippen LogP contribution in [-0.2, 0) is 0 Å². The maximum absolute atomic E-state index is 13.6. The second-order valence-corrected chi connectivity index (χ2v) is 8.91. The quantitative estimate of drug-likeness (QED) is 0.377. The summed E-state index contributed by atoms with van der Waals surface area (Å²) in [7, 11) is 0. The number of carbonyl (C=O) groups excluding carboxylic acids is 1. The molecular formula is C23H20Br2N2O. The fourth-order valence-electron chi connectivity index (χ4n) is 3.87. The molecule has 1 saturated heterocycles. The van der Waals surface area contributed by atoms with Gasteiger partial charge in [0, 0.05) is 20.3 Å². The lowest BCUT2D eigenvalue weighted by Crippen LogP contribution is -2.33. The van der Waals surface area contributed by atoms with Gasteiger partial charge in [-0.1, -0.05) is 61.7 Å². The van der Waals surface area contributed by atoms with Crippen LogP contribution in [0.3, 0.4) is 0 Å². The predicted molar refractivity (Wildman–Crippen MR) is 122 cm³/mol. The standard InChI is InChI=1S/C23H20Br2N2O/c1-15-4-3-5-17(14-15)22-16(2)26(20-10-6-18(24)7-11-20)23(28)27(22)21-12-8-19(25)9-13-21/h3-14,16,22H,1-2H3. The molecule has 3 nitrogen and oxygen atoms in total. The minimum absolute atomic E-state index is 0.0105. The maximum Gasteiger partial charge on any atom is 0.329 e. The molecule has 0 spiro atoms. The van der Waals surface area contributed by atoms with Gasteiger partial charge in [-0.3, -0.25) is 9.80 Å². The smallest absolute Gasteiger partial charge is 0.289 e. The first kappa shape index (κ1) is 19.2. The molecule has 142 valence electrons. The molecule has 3 aromatic rings. The van der Waals surface area contributed by atoms with Gasteiger partial charge >= 0.3 is 6.03 Å². The molecule has 1 heterocycles. The van der Waals surface area contributed by atoms with Crippen molar-refractivity contribution in [2.24, 2.45) is 0 Å². The fraction of sp³-hybridized carbons (Fsp3) is 0.174. The fourth-order valence-corrected chi connectivity index (χ4v) is 4.40. The highest BCUT2D eigenvalue weighted by molar-refractivity contribution is 9.10. The summed E-state index contributed by atoms with van der Waals surface area (Å²) < 4.78 is 1.99. The van der Waals surface area contributed by atoms with Crippen molar-refractivity contribution < 1.29 is 4.79 Å². The van der Waals surface area contributed by atoms with Crippen LogP contribution in [0.5, 0.6) is 0 Å². The number of nitrogens with zero attached hydrogens (tertiary/aromatic N) is 2. The second-order valence-electron chi connectivity index (χ2n) is 7.07. The summed E-state index contributed by atoms with van der Waals surface area (Å²) in [6.45, 7) is 4.20. The molecule has 0 aromatic heterocycles. The molecule has 28 heavy (non-hydrogen) atoms. The van der Waals surface area contributed by atoms with Crippen molar-refractivity contribution in [2.75, 3.05) is 9.80 Å². The van der Waals surface area contributed by atoms with E-state index < -0.39 is 0 Å². The van der Waals surface area contributed by atoms with Crippen molar-refractivity contribution in [3.63, 3.8) is 0 Å². The van der Waals surface area contributed by atoms with Crippen LogP contribution < -0.4 is 9.80 Å². The van der Waals surface area contributed by atoms with Gasteiger partial charge in [0.2, 0.25) is 0 Å². The highest BCUT2D eigenvalue weighted by atomic mass is 79.9. The van der Waals surface area contributed by atoms with Crippen LogP contribution in [0.15, 0.2) is 81.7 Å². The van der Waals surface area contributed by atoms with Crippen LogP contribution >= 0.6 is 31.9 Å². The van der Waals surface area contributed by atoms with Crippen LogP contribution in [-0.4, -0.2) is 12.1 Å². The van der Waals surface area contributed by atoms with Crippen LogP contribution in [0, 0.1) is 6.92 Å². The molecule has 0 aliphatic carbocycles. The number of rotatable bonds is 3. The Bertz CT molecular complexity index is 1000. The third-order valence-electron chi connectivity index (χ3n) is 5.15. The first-order valence-corrected chi connectivity index (χ1v) is 10.7. The van der Waals surface area contributed by atoms with Gasteiger partial charge in [-0.05, 0) is 67.9 Å². The van der Waals surface area contributed by atoms with Gasteiger partial charge in [0.15, 0.2) is 0 Å². The van der Waals surface area contributed by atoms with Gasteiger partial charge in [0.25, 0.3) is 0 Å². The number of anilines is 2. The van der Waals surface area contributed by atoms with E-state index in [0.29, 0.717) is 0 Å². The molecule has 1 fully saturated rings. The molecule has 2 amide bonds. The third kappa shape index (κ3) is 3.49. The van der Waals surface area contributed by atoms with Crippen molar-refractivity contribution in [3.05, 3.63) is 92.9 Å². The molecule has 2 atom stereocenters. The number of amides is 2. The van der Waals surface area contributed by atoms with Gasteiger partial charge < -0.3 is 0 Å². The highest BCUT2D eigenvalue weighted by Gasteiger charge is 2.45. The van der Waals surface area contributed by atoms with E-state index in [1.807, 2.05) is 58.3 Å². The zero-order chi connectivity index (χ0) is 19.8. The minimum atomic E-state index is -0.0720. The average molecular weight is 500 g/mol. The largest absolute Gasteiger partial charge is 0.329 e. The number of urea groups is 1. The maximum atomic E-state index is 13.6. The summed E-state index contributed by atoms with van der Waals surface area (Å²) in [4.78, 5) is 17.4. The second kappa shape index (κ2) is 7.72. The summed E-state index contributed by atoms with van der Waals surface area (Å²) in [5.74, 6) is 0. The monoisotopic (exact) mass is 498 g/mol. The van der Waals surface area contributed by atoms with Crippen LogP contribution in [0.25, 0.3) is 0 Å². The molecule has 4 rings (SSSR count). The third-order valence-corrected chi connectivity index (χ3v) is 6.21. The Hall–Kier alpha value is -2.11. The topological polar surface area (TPSA) is 23.6 Å². The van der Waals surface area contributed by atoms with Crippen LogP contribution in [0.4, 0.5) is 16.2 Å². The average Bonchev–Trinajstić information content (AvgIpc) is 2.94. The summed E-state index contributed by atoms with van der Waals surface area (Å²) in [6, 6.07) is 24.2. The van der Waals surface area contributed by atoms with E-state index >= 15 is 0 Å². The lowest BCUT2D eigenvalue weighted by Gasteiger charge is -2.26. The predicted octanol–water partition coefficient (Wildman–Crippen LogP) is 7.10. The summed E-state index contributed by atoms with van der Waals surface area (Å²) in [5, 5.41) is 0. The van der Waals surface area contributed by atoms with Crippen molar-refractivity contribution in [3.8, 4) is 0 Å². The van der Waals surface area contributed by atoms with Gasteiger partial charge in [0.1, 0.15) is 0 Å². The van der Waals surface area contributed by atoms with E-state index in [0.717, 1.165) is 25.9 Å². The SMILES string of the molecule is Cc1cccc(C2C(C)N(c3ccc(Br)cc3)C(=O)N2c2ccc(Br)cc2)c1. The van der Waals surface area contributed by atoms with E-state index in [1.165, 1.54) is 5.56 Å². The molecule has 0 N–H and O–H groups in total. The Balaban J connectivity index is 1.83. The Labute approximate surface area is 182 Å². The number of aryl methyl sites for hydroxylation is 1. The Morgan fingerprint density at radius 1 is 0.786 bits per heavy atom. The molecule has 2 unspecified atom stereocenters. The number of halogens is 2. The zero-order valence-electron chi connectivity index (χ0n) is 15.6. The number of hydrogen-bond donors (Lipinski definition) is 0. The molecule has 5 heteroatoms. The van der Waals surface area contributed by atoms with Crippen molar-refractivity contribution in [2.45, 2.75) is 25.9 Å². The molecule has 0 radical (unpaired) electrons. The number of benzene rings is 3. The normalized spacial score (nSPS) is 19.4. The first-order valence-electron chi connectivity index (χ1n) is 9.16. The summed E-state index contributed by atoms with van der Waals surface area (Å²) in [6.07, 6.45) is 0. The van der Waals surface area contributed by atoms with Crippen LogP contribution in [0.1, 0.15) is 24.1 Å². The van der Waals surface area contributed by atoms with E-state index in [2.05, 4.69) is 70.0 Å². The van der Waals surface area contributed by atoms with Crippen LogP contribution in [0.2, 0.25) is 0 Å². The Morgan fingerprint density at radius 2 is 1.32 bits per heavy atom. The van der Waals surface area contributed by atoms with E-state index in [-0.39, 0.29) is 18.1 Å². The zero-order valence-corrected chi connectivity index (χ0v) is 18.8. The molecule has 1 aliphatic rings. The molecule has 0 saturated carbocycles. The van der Waals surface area contributed by atoms with Gasteiger partial charge in [0.05, 0.1) is 12.1 Å². The minimum Gasteiger partial charge on any atom is -0.289 e. The first-order chi connectivity index (χ1) is 13.5. The Morgan fingerprint density at radius 3 is 1.86 bits per heavy atom. The molecule has 0 bridgehead atoms. The highest BCUT2D eigenvalue weighted by Crippen LogP contribution is 2.41. The van der Waals surface area contributed by atoms with E-state index in [9.17, 15) is 4.79 Å². The van der Waals surface area contributed by atoms with E-state index in [4.69, 9.17) is 0 Å². The summed E-state index contributed by atoms with van der Waals surface area (Å²) >= 11 is 6.97. The lowest BCUT2D eigenvalue weighted by molar-refractivity contribution is 0.255. The van der Waals surface area contributed by atoms with Crippen molar-refractivity contribution in [1.82, 2.24) is 0 Å². The van der Waals surface area contributed by atoms with E-state index in [1.54, 1.807) is 0 Å². The van der Waals surface area contributed by atoms with Gasteiger partial charge in [-0.25, -0.2) is 4.79 Å².